The van der Waals surface area contributed by atoms with Crippen molar-refractivity contribution in [1.29, 1.82) is 0 Å². The Labute approximate surface area is 197 Å². The molecule has 0 bridgehead atoms. The average Bonchev–Trinajstić information content (AvgIpc) is 3.10. The Balaban J connectivity index is 1.65. The van der Waals surface area contributed by atoms with Gasteiger partial charge >= 0.3 is 0 Å². The first kappa shape index (κ1) is 21.2. The molecule has 0 radical (unpaired) electrons. The maximum atomic E-state index is 13.2. The number of hydrogen-bond acceptors (Lipinski definition) is 7. The number of carbonyl (C=O) groups excluding carboxylic acids is 1. The van der Waals surface area contributed by atoms with Gasteiger partial charge in [-0.05, 0) is 60.2 Å². The van der Waals surface area contributed by atoms with Crippen LogP contribution in [0.3, 0.4) is 0 Å². The summed E-state index contributed by atoms with van der Waals surface area (Å²) >= 11 is 5.93. The lowest BCUT2D eigenvalue weighted by Crippen LogP contribution is -2.14. The number of para-hydroxylation sites is 2. The molecule has 9 nitrogen and oxygen atoms in total. The van der Waals surface area contributed by atoms with Crippen molar-refractivity contribution in [2.75, 3.05) is 11.1 Å². The predicted molar refractivity (Wildman–Crippen MR) is 132 cm³/mol. The van der Waals surface area contributed by atoms with Crippen molar-refractivity contribution in [3.05, 3.63) is 82.9 Å². The number of nitrogens with two attached hydrogens (primary N) is 1. The zero-order chi connectivity index (χ0) is 23.8. The first-order valence-corrected chi connectivity index (χ1v) is 10.5. The number of halogens is 1. The van der Waals surface area contributed by atoms with Gasteiger partial charge in [-0.3, -0.25) is 4.79 Å². The number of hydrogen-bond donors (Lipinski definition) is 4. The summed E-state index contributed by atoms with van der Waals surface area (Å²) in [5.41, 5.74) is 9.30. The summed E-state index contributed by atoms with van der Waals surface area (Å²) in [6, 6.07) is 18.2. The Morgan fingerprint density at radius 1 is 1.00 bits per heavy atom. The number of amides is 1. The molecule has 0 aliphatic heterocycles. The number of carbonyl (C=O) groups is 1. The van der Waals surface area contributed by atoms with E-state index in [0.717, 1.165) is 0 Å². The highest BCUT2D eigenvalue weighted by Gasteiger charge is 2.24. The van der Waals surface area contributed by atoms with Crippen LogP contribution in [0.15, 0.2) is 71.8 Å². The SMILES string of the molecule is Nc1c(C(=O)Nc2ccc(Cl)cc2)c2nc3ccccc3nc2n1/N=C\c1ccc(O)c(O)c1. The summed E-state index contributed by atoms with van der Waals surface area (Å²) in [7, 11) is 0. The number of phenols is 2. The molecule has 2 heterocycles. The fraction of sp³-hybridized carbons (Fsp3) is 0. The molecule has 3 aromatic carbocycles. The topological polar surface area (TPSA) is 139 Å². The van der Waals surface area contributed by atoms with E-state index < -0.39 is 5.91 Å². The minimum absolute atomic E-state index is 0.0380. The Morgan fingerprint density at radius 2 is 1.71 bits per heavy atom. The van der Waals surface area contributed by atoms with Crippen LogP contribution in [-0.4, -0.2) is 37.0 Å². The fourth-order valence-electron chi connectivity index (χ4n) is 3.46. The van der Waals surface area contributed by atoms with Gasteiger partial charge < -0.3 is 21.3 Å². The zero-order valence-electron chi connectivity index (χ0n) is 17.5. The molecule has 0 spiro atoms. The quantitative estimate of drug-likeness (QED) is 0.226. The van der Waals surface area contributed by atoms with Crippen LogP contribution in [-0.2, 0) is 0 Å². The second-order valence-electron chi connectivity index (χ2n) is 7.41. The number of anilines is 2. The molecular formula is C24H17ClN6O3. The Kier molecular flexibility index (Phi) is 5.23. The van der Waals surface area contributed by atoms with Crippen LogP contribution in [0.2, 0.25) is 5.02 Å². The van der Waals surface area contributed by atoms with E-state index in [1.54, 1.807) is 42.5 Å². The molecule has 0 aliphatic carbocycles. The highest BCUT2D eigenvalue weighted by atomic mass is 35.5. The molecule has 0 atom stereocenters. The zero-order valence-corrected chi connectivity index (χ0v) is 18.2. The smallest absolute Gasteiger partial charge is 0.261 e. The molecular weight excluding hydrogens is 456 g/mol. The van der Waals surface area contributed by atoms with Crippen LogP contribution < -0.4 is 11.1 Å². The molecule has 5 aromatic rings. The molecule has 0 aliphatic rings. The van der Waals surface area contributed by atoms with Crippen LogP contribution in [0, 0.1) is 0 Å². The van der Waals surface area contributed by atoms with Crippen LogP contribution in [0.1, 0.15) is 15.9 Å². The van der Waals surface area contributed by atoms with Gasteiger partial charge in [-0.15, -0.1) is 0 Å². The van der Waals surface area contributed by atoms with Crippen LogP contribution >= 0.6 is 11.6 Å². The lowest BCUT2D eigenvalue weighted by Gasteiger charge is -2.05. The Hall–Kier alpha value is -4.63. The van der Waals surface area contributed by atoms with Crippen molar-refractivity contribution < 1.29 is 15.0 Å². The monoisotopic (exact) mass is 472 g/mol. The van der Waals surface area contributed by atoms with Crippen LogP contribution in [0.25, 0.3) is 22.2 Å². The van der Waals surface area contributed by atoms with Gasteiger partial charge in [0.1, 0.15) is 16.9 Å². The third-order valence-electron chi connectivity index (χ3n) is 5.12. The average molecular weight is 473 g/mol. The van der Waals surface area contributed by atoms with Gasteiger partial charge in [0.05, 0.1) is 17.2 Å². The molecule has 2 aromatic heterocycles. The van der Waals surface area contributed by atoms with Gasteiger partial charge in [0, 0.05) is 10.7 Å². The van der Waals surface area contributed by atoms with Gasteiger partial charge in [0.15, 0.2) is 17.1 Å². The van der Waals surface area contributed by atoms with Gasteiger partial charge in [-0.25, -0.2) is 9.97 Å². The third kappa shape index (κ3) is 3.84. The Morgan fingerprint density at radius 3 is 2.41 bits per heavy atom. The second kappa shape index (κ2) is 8.38. The number of nitrogen functional groups attached to an aromatic ring is 1. The van der Waals surface area contributed by atoms with Crippen molar-refractivity contribution in [2.45, 2.75) is 0 Å². The molecule has 10 heteroatoms. The fourth-order valence-corrected chi connectivity index (χ4v) is 3.59. The first-order chi connectivity index (χ1) is 16.4. The molecule has 34 heavy (non-hydrogen) atoms. The number of nitrogens with one attached hydrogen (secondary N) is 1. The van der Waals surface area contributed by atoms with Crippen molar-refractivity contribution in [3.8, 4) is 11.5 Å². The van der Waals surface area contributed by atoms with Crippen molar-refractivity contribution in [1.82, 2.24) is 14.6 Å². The van der Waals surface area contributed by atoms with E-state index in [1.165, 1.54) is 23.0 Å². The molecule has 168 valence electrons. The summed E-state index contributed by atoms with van der Waals surface area (Å²) in [5, 5.41) is 27.0. The summed E-state index contributed by atoms with van der Waals surface area (Å²) < 4.78 is 1.31. The maximum absolute atomic E-state index is 13.2. The maximum Gasteiger partial charge on any atom is 0.261 e. The molecule has 0 unspecified atom stereocenters. The van der Waals surface area contributed by atoms with Gasteiger partial charge in [-0.1, -0.05) is 23.7 Å². The lowest BCUT2D eigenvalue weighted by atomic mass is 10.2. The minimum Gasteiger partial charge on any atom is -0.504 e. The highest BCUT2D eigenvalue weighted by Crippen LogP contribution is 2.29. The number of nitrogens with zero attached hydrogens (tertiary/aromatic N) is 4. The van der Waals surface area contributed by atoms with E-state index in [-0.39, 0.29) is 34.0 Å². The Bertz CT molecular complexity index is 1590. The van der Waals surface area contributed by atoms with Crippen molar-refractivity contribution in [2.24, 2.45) is 5.10 Å². The van der Waals surface area contributed by atoms with E-state index in [4.69, 9.17) is 17.3 Å². The summed E-state index contributed by atoms with van der Waals surface area (Å²) in [4.78, 5) is 22.5. The normalized spacial score (nSPS) is 11.4. The number of fused-ring (bicyclic) bond motifs is 2. The molecule has 5 N–H and O–H groups in total. The molecule has 0 saturated heterocycles. The van der Waals surface area contributed by atoms with Crippen LogP contribution in [0.4, 0.5) is 11.5 Å². The van der Waals surface area contributed by atoms with Gasteiger partial charge in [0.2, 0.25) is 0 Å². The van der Waals surface area contributed by atoms with Gasteiger partial charge in [-0.2, -0.15) is 9.78 Å². The van der Waals surface area contributed by atoms with E-state index in [1.807, 2.05) is 12.1 Å². The van der Waals surface area contributed by atoms with E-state index in [9.17, 15) is 15.0 Å². The third-order valence-corrected chi connectivity index (χ3v) is 5.38. The number of benzene rings is 3. The number of rotatable bonds is 4. The molecule has 0 saturated carbocycles. The van der Waals surface area contributed by atoms with E-state index in [2.05, 4.69) is 20.4 Å². The number of aromatic nitrogens is 3. The molecule has 0 fully saturated rings. The highest BCUT2D eigenvalue weighted by molar-refractivity contribution is 6.30. The molecule has 1 amide bonds. The second-order valence-corrected chi connectivity index (χ2v) is 7.85. The van der Waals surface area contributed by atoms with E-state index in [0.29, 0.717) is 27.3 Å². The largest absolute Gasteiger partial charge is 0.504 e. The number of phenolic OH excluding ortho intramolecular Hbond substituents is 2. The minimum atomic E-state index is -0.481. The molecule has 5 rings (SSSR count). The lowest BCUT2D eigenvalue weighted by molar-refractivity contribution is 0.102. The van der Waals surface area contributed by atoms with Crippen LogP contribution in [0.5, 0.6) is 11.5 Å². The predicted octanol–water partition coefficient (Wildman–Crippen LogP) is 4.37. The number of aromatic hydroxyl groups is 2. The van der Waals surface area contributed by atoms with E-state index >= 15 is 0 Å². The van der Waals surface area contributed by atoms with Crippen molar-refractivity contribution in [3.63, 3.8) is 0 Å². The summed E-state index contributed by atoms with van der Waals surface area (Å²) in [6.45, 7) is 0. The summed E-state index contributed by atoms with van der Waals surface area (Å²) in [5.74, 6) is -0.980. The van der Waals surface area contributed by atoms with Gasteiger partial charge in [0.25, 0.3) is 5.91 Å². The van der Waals surface area contributed by atoms with Crippen molar-refractivity contribution >= 4 is 57.4 Å². The summed E-state index contributed by atoms with van der Waals surface area (Å²) in [6.07, 6.45) is 1.42. The standard InChI is InChI=1S/C24H17ClN6O3/c25-14-6-8-15(9-7-14)28-24(34)20-21-23(30-17-4-2-1-3-16(17)29-21)31(22(20)26)27-12-13-5-10-18(32)19(33)11-13/h1-12,32-33H,26H2,(H,28,34)/b27-12-. The first-order valence-electron chi connectivity index (χ1n) is 10.1.